The van der Waals surface area contributed by atoms with Crippen molar-refractivity contribution in [2.24, 2.45) is 0 Å². The van der Waals surface area contributed by atoms with Gasteiger partial charge in [-0.1, -0.05) is 36.4 Å². The van der Waals surface area contributed by atoms with E-state index in [9.17, 15) is 23.1 Å². The van der Waals surface area contributed by atoms with E-state index in [1.807, 2.05) is 41.3 Å². The van der Waals surface area contributed by atoms with Crippen LogP contribution < -0.4 is 9.64 Å². The first-order valence-corrected chi connectivity index (χ1v) is 9.69. The van der Waals surface area contributed by atoms with Crippen molar-refractivity contribution in [1.29, 1.82) is 0 Å². The molecule has 1 atom stereocenters. The molecule has 1 aliphatic rings. The molecule has 3 aromatic rings. The van der Waals surface area contributed by atoms with Crippen molar-refractivity contribution < 1.29 is 27.8 Å². The van der Waals surface area contributed by atoms with Crippen molar-refractivity contribution in [3.8, 4) is 17.0 Å². The number of aromatic carboxylic acids is 1. The number of carboxylic acid groups (broad SMARTS) is 1. The number of ether oxygens (including phenoxy) is 1. The fraction of sp³-hybridized carbons (Fsp3) is 0.217. The van der Waals surface area contributed by atoms with Gasteiger partial charge in [0.15, 0.2) is 0 Å². The van der Waals surface area contributed by atoms with Crippen molar-refractivity contribution in [3.63, 3.8) is 0 Å². The highest BCUT2D eigenvalue weighted by atomic mass is 19.4. The summed E-state index contributed by atoms with van der Waals surface area (Å²) < 4.78 is 43.7. The second-order valence-electron chi connectivity index (χ2n) is 7.26. The Morgan fingerprint density at radius 2 is 1.84 bits per heavy atom. The zero-order valence-electron chi connectivity index (χ0n) is 16.3. The van der Waals surface area contributed by atoms with Crippen molar-refractivity contribution >= 4 is 11.7 Å². The first-order chi connectivity index (χ1) is 14.8. The maximum absolute atomic E-state index is 12.7. The summed E-state index contributed by atoms with van der Waals surface area (Å²) in [5.74, 6) is -0.917. The first kappa shape index (κ1) is 20.7. The van der Waals surface area contributed by atoms with Gasteiger partial charge in [0.25, 0.3) is 0 Å². The van der Waals surface area contributed by atoms with Crippen molar-refractivity contribution in [3.05, 3.63) is 78.0 Å². The third-order valence-corrected chi connectivity index (χ3v) is 5.17. The molecule has 4 rings (SSSR count). The lowest BCUT2D eigenvalue weighted by atomic mass is 10.0. The van der Waals surface area contributed by atoms with Crippen LogP contribution in [0.2, 0.25) is 0 Å². The molecule has 0 radical (unpaired) electrons. The van der Waals surface area contributed by atoms with Gasteiger partial charge in [-0.25, -0.2) is 9.78 Å². The Balaban J connectivity index is 1.49. The molecule has 1 aliphatic heterocycles. The molecule has 2 heterocycles. The number of hydrogen-bond donors (Lipinski definition) is 1. The third-order valence-electron chi connectivity index (χ3n) is 5.17. The van der Waals surface area contributed by atoms with Crippen LogP contribution in [0, 0.1) is 0 Å². The molecule has 1 saturated heterocycles. The Labute approximate surface area is 176 Å². The fourth-order valence-corrected chi connectivity index (χ4v) is 3.62. The number of anilines is 1. The molecule has 1 fully saturated rings. The number of carbonyl (C=O) groups is 1. The Morgan fingerprint density at radius 3 is 2.48 bits per heavy atom. The highest BCUT2D eigenvalue weighted by Gasteiger charge is 2.31. The van der Waals surface area contributed by atoms with Crippen LogP contribution in [-0.2, 0) is 6.18 Å². The average Bonchev–Trinajstić information content (AvgIpc) is 3.22. The molecule has 0 spiro atoms. The molecule has 8 heteroatoms. The van der Waals surface area contributed by atoms with Crippen LogP contribution in [-0.4, -0.2) is 35.3 Å². The fourth-order valence-electron chi connectivity index (χ4n) is 3.62. The SMILES string of the molecule is O=C(O)c1cc(-c2ccccc2)ccc1N1CC[C@H](Oc2ccc(C(F)(F)F)cn2)C1. The van der Waals surface area contributed by atoms with Crippen LogP contribution in [0.4, 0.5) is 18.9 Å². The molecule has 0 aliphatic carbocycles. The Morgan fingerprint density at radius 1 is 1.06 bits per heavy atom. The standard InChI is InChI=1S/C23H19F3N2O3/c24-23(25,26)17-7-9-21(27-13-17)31-18-10-11-28(14-18)20-8-6-16(12-19(20)22(29)30)15-4-2-1-3-5-15/h1-9,12-13,18H,10-11,14H2,(H,29,30)/t18-/m0/s1. The number of benzene rings is 2. The predicted molar refractivity (Wildman–Crippen MR) is 109 cm³/mol. The predicted octanol–water partition coefficient (Wildman–Crippen LogP) is 5.12. The molecule has 160 valence electrons. The minimum atomic E-state index is -4.45. The maximum atomic E-state index is 12.7. The molecule has 2 aromatic carbocycles. The maximum Gasteiger partial charge on any atom is 0.417 e. The van der Waals surface area contributed by atoms with E-state index in [1.54, 1.807) is 12.1 Å². The number of nitrogens with zero attached hydrogens (tertiary/aromatic N) is 2. The minimum absolute atomic E-state index is 0.109. The second-order valence-corrected chi connectivity index (χ2v) is 7.26. The van der Waals surface area contributed by atoms with E-state index in [1.165, 1.54) is 6.07 Å². The number of alkyl halides is 3. The van der Waals surface area contributed by atoms with Gasteiger partial charge in [0.2, 0.25) is 5.88 Å². The van der Waals surface area contributed by atoms with E-state index < -0.39 is 17.7 Å². The van der Waals surface area contributed by atoms with Gasteiger partial charge < -0.3 is 14.7 Å². The molecule has 31 heavy (non-hydrogen) atoms. The van der Waals surface area contributed by atoms with Crippen LogP contribution in [0.5, 0.6) is 5.88 Å². The lowest BCUT2D eigenvalue weighted by Crippen LogP contribution is -2.26. The summed E-state index contributed by atoms with van der Waals surface area (Å²) in [7, 11) is 0. The zero-order chi connectivity index (χ0) is 22.0. The quantitative estimate of drug-likeness (QED) is 0.611. The zero-order valence-corrected chi connectivity index (χ0v) is 16.3. The summed E-state index contributed by atoms with van der Waals surface area (Å²) in [6.07, 6.45) is -3.41. The summed E-state index contributed by atoms with van der Waals surface area (Å²) >= 11 is 0. The minimum Gasteiger partial charge on any atom is -0.478 e. The highest BCUT2D eigenvalue weighted by molar-refractivity contribution is 5.96. The normalized spacial score (nSPS) is 16.4. The van der Waals surface area contributed by atoms with Gasteiger partial charge in [-0.05, 0) is 29.3 Å². The summed E-state index contributed by atoms with van der Waals surface area (Å²) in [5, 5.41) is 9.73. The van der Waals surface area contributed by atoms with E-state index in [4.69, 9.17) is 4.74 Å². The number of hydrogen-bond acceptors (Lipinski definition) is 4. The van der Waals surface area contributed by atoms with Gasteiger partial charge in [0, 0.05) is 25.2 Å². The number of halogens is 3. The van der Waals surface area contributed by atoms with Gasteiger partial charge >= 0.3 is 12.1 Å². The Bertz CT molecular complexity index is 1070. The highest BCUT2D eigenvalue weighted by Crippen LogP contribution is 2.32. The topological polar surface area (TPSA) is 62.7 Å². The molecule has 1 aromatic heterocycles. The van der Waals surface area contributed by atoms with E-state index in [-0.39, 0.29) is 17.5 Å². The van der Waals surface area contributed by atoms with Crippen LogP contribution in [0.3, 0.4) is 0 Å². The van der Waals surface area contributed by atoms with Crippen LogP contribution >= 0.6 is 0 Å². The number of aromatic nitrogens is 1. The number of pyridine rings is 1. The summed E-state index contributed by atoms with van der Waals surface area (Å²) in [5.41, 5.74) is 1.67. The van der Waals surface area contributed by atoms with Crippen molar-refractivity contribution in [1.82, 2.24) is 4.98 Å². The summed E-state index contributed by atoms with van der Waals surface area (Å²) in [6.45, 7) is 0.976. The van der Waals surface area contributed by atoms with Crippen LogP contribution in [0.25, 0.3) is 11.1 Å². The molecular formula is C23H19F3N2O3. The molecule has 0 unspecified atom stereocenters. The number of carboxylic acids is 1. The lowest BCUT2D eigenvalue weighted by molar-refractivity contribution is -0.137. The van der Waals surface area contributed by atoms with E-state index in [0.717, 1.165) is 23.4 Å². The molecule has 5 nitrogen and oxygen atoms in total. The monoisotopic (exact) mass is 428 g/mol. The van der Waals surface area contributed by atoms with Crippen molar-refractivity contribution in [2.45, 2.75) is 18.7 Å². The first-order valence-electron chi connectivity index (χ1n) is 9.69. The molecule has 0 bridgehead atoms. The number of rotatable bonds is 5. The van der Waals surface area contributed by atoms with E-state index in [0.29, 0.717) is 25.2 Å². The average molecular weight is 428 g/mol. The lowest BCUT2D eigenvalue weighted by Gasteiger charge is -2.21. The molecular weight excluding hydrogens is 409 g/mol. The third kappa shape index (κ3) is 4.63. The summed E-state index contributed by atoms with van der Waals surface area (Å²) in [6, 6.07) is 16.9. The molecule has 0 saturated carbocycles. The van der Waals surface area contributed by atoms with Crippen LogP contribution in [0.15, 0.2) is 66.9 Å². The second kappa shape index (κ2) is 8.29. The van der Waals surface area contributed by atoms with Gasteiger partial charge in [0.05, 0.1) is 23.4 Å². The van der Waals surface area contributed by atoms with Gasteiger partial charge in [-0.2, -0.15) is 13.2 Å². The van der Waals surface area contributed by atoms with Gasteiger partial charge in [-0.3, -0.25) is 0 Å². The van der Waals surface area contributed by atoms with E-state index in [2.05, 4.69) is 4.98 Å². The smallest absolute Gasteiger partial charge is 0.417 e. The van der Waals surface area contributed by atoms with Crippen molar-refractivity contribution in [2.75, 3.05) is 18.0 Å². The van der Waals surface area contributed by atoms with Crippen LogP contribution in [0.1, 0.15) is 22.3 Å². The summed E-state index contributed by atoms with van der Waals surface area (Å²) in [4.78, 5) is 17.5. The largest absolute Gasteiger partial charge is 0.478 e. The Hall–Kier alpha value is -3.55. The van der Waals surface area contributed by atoms with Gasteiger partial charge in [-0.15, -0.1) is 0 Å². The van der Waals surface area contributed by atoms with E-state index >= 15 is 0 Å². The Kier molecular flexibility index (Phi) is 5.54. The van der Waals surface area contributed by atoms with Gasteiger partial charge in [0.1, 0.15) is 6.10 Å². The molecule has 0 amide bonds. The molecule has 1 N–H and O–H groups in total.